The molecule has 0 unspecified atom stereocenters. The van der Waals surface area contributed by atoms with Gasteiger partial charge in [0, 0.05) is 17.9 Å². The van der Waals surface area contributed by atoms with Gasteiger partial charge in [-0.2, -0.15) is 9.78 Å². The van der Waals surface area contributed by atoms with Crippen LogP contribution in [0.25, 0.3) is 15.3 Å². The Hall–Kier alpha value is -3.04. The maximum absolute atomic E-state index is 12.8. The molecule has 0 saturated heterocycles. The van der Waals surface area contributed by atoms with Crippen LogP contribution in [-0.4, -0.2) is 35.3 Å². The van der Waals surface area contributed by atoms with E-state index >= 15 is 0 Å². The van der Waals surface area contributed by atoms with E-state index in [4.69, 9.17) is 0 Å². The summed E-state index contributed by atoms with van der Waals surface area (Å²) >= 11 is 1.49. The Morgan fingerprint density at radius 1 is 1.07 bits per heavy atom. The van der Waals surface area contributed by atoms with Crippen LogP contribution >= 0.6 is 11.3 Å². The quantitative estimate of drug-likeness (QED) is 0.516. The number of anilines is 1. The summed E-state index contributed by atoms with van der Waals surface area (Å²) in [4.78, 5) is 17.6. The number of hydrogen-bond acceptors (Lipinski definition) is 6. The van der Waals surface area contributed by atoms with Gasteiger partial charge in [0.1, 0.15) is 5.82 Å². The molecule has 30 heavy (non-hydrogen) atoms. The number of nitrogens with one attached hydrogen (secondary N) is 1. The number of hydrogen-bond donors (Lipinski definition) is 1. The fourth-order valence-electron chi connectivity index (χ4n) is 3.05. The normalized spacial score (nSPS) is 11.7. The summed E-state index contributed by atoms with van der Waals surface area (Å²) in [6.07, 6.45) is 1.11. The van der Waals surface area contributed by atoms with Crippen LogP contribution in [0.5, 0.6) is 0 Å². The van der Waals surface area contributed by atoms with Gasteiger partial charge in [-0.1, -0.05) is 17.4 Å². The molecule has 0 aliphatic carbocycles. The van der Waals surface area contributed by atoms with Crippen molar-refractivity contribution < 1.29 is 13.2 Å². The van der Waals surface area contributed by atoms with E-state index in [9.17, 15) is 13.2 Å². The minimum Gasteiger partial charge on any atom is -0.306 e. The molecule has 0 atom stereocenters. The molecular weight excluding hydrogens is 420 g/mol. The van der Waals surface area contributed by atoms with E-state index in [1.54, 1.807) is 22.9 Å². The van der Waals surface area contributed by atoms with Gasteiger partial charge in [-0.15, -0.1) is 0 Å². The summed E-state index contributed by atoms with van der Waals surface area (Å²) in [5.41, 5.74) is 4.20. The Bertz CT molecular complexity index is 1360. The average Bonchev–Trinajstić information content (AvgIpc) is 3.24. The fraction of sp³-hybridized carbons (Fsp3) is 0.190. The number of fused-ring (bicyclic) bond motifs is 1. The lowest BCUT2D eigenvalue weighted by atomic mass is 10.1. The molecule has 2 aromatic heterocycles. The van der Waals surface area contributed by atoms with Crippen LogP contribution in [0.2, 0.25) is 0 Å². The van der Waals surface area contributed by atoms with Crippen LogP contribution in [0.3, 0.4) is 0 Å². The van der Waals surface area contributed by atoms with Crippen molar-refractivity contribution >= 4 is 43.1 Å². The van der Waals surface area contributed by atoms with Crippen molar-refractivity contribution in [2.45, 2.75) is 25.7 Å². The van der Waals surface area contributed by atoms with Crippen molar-refractivity contribution in [1.82, 2.24) is 14.8 Å². The Balaban J connectivity index is 1.70. The minimum atomic E-state index is -3.41. The Morgan fingerprint density at radius 2 is 1.80 bits per heavy atom. The molecule has 0 bridgehead atoms. The standard InChI is InChI=1S/C21H20N4O3S2/c1-12-8-17-18(9-13(12)2)29-21(22-17)25-19(10-14(3)24-25)23-20(26)15-6-5-7-16(11-15)30(4,27)28/h5-11H,1-4H3,(H,23,26). The average molecular weight is 441 g/mol. The third-order valence-electron chi connectivity index (χ3n) is 4.77. The first kappa shape index (κ1) is 20.2. The number of amides is 1. The molecule has 0 aliphatic rings. The predicted molar refractivity (Wildman–Crippen MR) is 118 cm³/mol. The second-order valence-electron chi connectivity index (χ2n) is 7.24. The van der Waals surface area contributed by atoms with E-state index in [0.717, 1.165) is 27.7 Å². The van der Waals surface area contributed by atoms with Gasteiger partial charge in [-0.3, -0.25) is 4.79 Å². The van der Waals surface area contributed by atoms with Crippen molar-refractivity contribution in [3.05, 3.63) is 64.8 Å². The van der Waals surface area contributed by atoms with Crippen LogP contribution in [0.15, 0.2) is 47.4 Å². The number of aryl methyl sites for hydroxylation is 3. The summed E-state index contributed by atoms with van der Waals surface area (Å²) in [6.45, 7) is 5.93. The number of aromatic nitrogens is 3. The van der Waals surface area contributed by atoms with Crippen LogP contribution < -0.4 is 5.32 Å². The van der Waals surface area contributed by atoms with Gasteiger partial charge in [0.05, 0.1) is 20.8 Å². The summed E-state index contributed by atoms with van der Waals surface area (Å²) < 4.78 is 26.2. The van der Waals surface area contributed by atoms with E-state index < -0.39 is 15.7 Å². The summed E-state index contributed by atoms with van der Waals surface area (Å²) in [6, 6.07) is 11.8. The van der Waals surface area contributed by atoms with Crippen molar-refractivity contribution in [3.8, 4) is 5.13 Å². The Morgan fingerprint density at radius 3 is 2.53 bits per heavy atom. The Kier molecular flexibility index (Phi) is 4.95. The monoisotopic (exact) mass is 440 g/mol. The highest BCUT2D eigenvalue weighted by atomic mass is 32.2. The highest BCUT2D eigenvalue weighted by Gasteiger charge is 2.17. The fourth-order valence-corrected chi connectivity index (χ4v) is 4.73. The van der Waals surface area contributed by atoms with E-state index in [-0.39, 0.29) is 10.5 Å². The molecule has 0 spiro atoms. The molecule has 9 heteroatoms. The molecule has 2 heterocycles. The number of thiazole rings is 1. The third-order valence-corrected chi connectivity index (χ3v) is 6.88. The van der Waals surface area contributed by atoms with Crippen LogP contribution in [0, 0.1) is 20.8 Å². The smallest absolute Gasteiger partial charge is 0.256 e. The molecule has 4 aromatic rings. The van der Waals surface area contributed by atoms with Gasteiger partial charge in [0.25, 0.3) is 5.91 Å². The Labute approximate surface area is 178 Å². The molecule has 2 aromatic carbocycles. The zero-order valence-electron chi connectivity index (χ0n) is 16.9. The van der Waals surface area contributed by atoms with Gasteiger partial charge in [0.15, 0.2) is 9.84 Å². The largest absolute Gasteiger partial charge is 0.306 e. The zero-order chi connectivity index (χ0) is 21.6. The van der Waals surface area contributed by atoms with E-state index in [1.807, 2.05) is 19.9 Å². The van der Waals surface area contributed by atoms with Gasteiger partial charge in [-0.25, -0.2) is 13.4 Å². The summed E-state index contributed by atoms with van der Waals surface area (Å²) in [5.74, 6) is 0.0456. The molecule has 4 rings (SSSR count). The van der Waals surface area contributed by atoms with Crippen LogP contribution in [0.4, 0.5) is 5.82 Å². The number of carbonyl (C=O) groups is 1. The van der Waals surface area contributed by atoms with Crippen molar-refractivity contribution in [2.24, 2.45) is 0 Å². The molecule has 0 saturated carbocycles. The van der Waals surface area contributed by atoms with Crippen molar-refractivity contribution in [2.75, 3.05) is 11.6 Å². The van der Waals surface area contributed by atoms with E-state index in [0.29, 0.717) is 10.9 Å². The molecule has 0 aliphatic heterocycles. The third kappa shape index (κ3) is 3.86. The second-order valence-corrected chi connectivity index (χ2v) is 10.3. The molecule has 0 fully saturated rings. The minimum absolute atomic E-state index is 0.0942. The van der Waals surface area contributed by atoms with E-state index in [1.165, 1.54) is 29.0 Å². The van der Waals surface area contributed by atoms with Crippen molar-refractivity contribution in [1.29, 1.82) is 0 Å². The molecular formula is C21H20N4O3S2. The second kappa shape index (κ2) is 7.33. The van der Waals surface area contributed by atoms with Gasteiger partial charge in [-0.05, 0) is 62.2 Å². The van der Waals surface area contributed by atoms with Crippen LogP contribution in [-0.2, 0) is 9.84 Å². The lowest BCUT2D eigenvalue weighted by molar-refractivity contribution is 0.102. The first-order valence-corrected chi connectivity index (χ1v) is 11.9. The zero-order valence-corrected chi connectivity index (χ0v) is 18.6. The number of sulfone groups is 1. The maximum atomic E-state index is 12.8. The molecule has 7 nitrogen and oxygen atoms in total. The molecule has 154 valence electrons. The first-order valence-electron chi connectivity index (χ1n) is 9.18. The molecule has 0 radical (unpaired) electrons. The molecule has 1 amide bonds. The van der Waals surface area contributed by atoms with Crippen molar-refractivity contribution in [3.63, 3.8) is 0 Å². The summed E-state index contributed by atoms with van der Waals surface area (Å²) in [7, 11) is -3.41. The summed E-state index contributed by atoms with van der Waals surface area (Å²) in [5, 5.41) is 7.95. The SMILES string of the molecule is Cc1cc(NC(=O)c2cccc(S(C)(=O)=O)c2)n(-c2nc3cc(C)c(C)cc3s2)n1. The highest BCUT2D eigenvalue weighted by molar-refractivity contribution is 7.90. The first-order chi connectivity index (χ1) is 14.1. The van der Waals surface area contributed by atoms with E-state index in [2.05, 4.69) is 28.4 Å². The highest BCUT2D eigenvalue weighted by Crippen LogP contribution is 2.29. The van der Waals surface area contributed by atoms with Gasteiger partial charge >= 0.3 is 0 Å². The lowest BCUT2D eigenvalue weighted by Gasteiger charge is -2.07. The topological polar surface area (TPSA) is 94.0 Å². The number of benzene rings is 2. The van der Waals surface area contributed by atoms with Gasteiger partial charge in [0.2, 0.25) is 5.13 Å². The number of nitrogens with zero attached hydrogens (tertiary/aromatic N) is 3. The number of carbonyl (C=O) groups excluding carboxylic acids is 1. The lowest BCUT2D eigenvalue weighted by Crippen LogP contribution is -2.15. The van der Waals surface area contributed by atoms with Crippen LogP contribution in [0.1, 0.15) is 27.2 Å². The maximum Gasteiger partial charge on any atom is 0.256 e. The number of rotatable bonds is 4. The predicted octanol–water partition coefficient (Wildman–Crippen LogP) is 4.06. The van der Waals surface area contributed by atoms with Gasteiger partial charge < -0.3 is 5.32 Å². The molecule has 1 N–H and O–H groups in total.